The van der Waals surface area contributed by atoms with E-state index >= 15 is 0 Å². The van der Waals surface area contributed by atoms with Gasteiger partial charge in [-0.15, -0.1) is 0 Å². The second-order valence-electron chi connectivity index (χ2n) is 7.15. The highest BCUT2D eigenvalue weighted by molar-refractivity contribution is 5.93. The Labute approximate surface area is 161 Å². The lowest BCUT2D eigenvalue weighted by molar-refractivity contribution is -0.117. The first-order chi connectivity index (χ1) is 13.1. The van der Waals surface area contributed by atoms with Crippen LogP contribution in [0.25, 0.3) is 0 Å². The molecule has 3 rings (SSSR count). The monoisotopic (exact) mass is 367 g/mol. The number of nitrogens with zero attached hydrogens (tertiary/aromatic N) is 2. The van der Waals surface area contributed by atoms with Crippen LogP contribution in [0.5, 0.6) is 5.75 Å². The van der Waals surface area contributed by atoms with Gasteiger partial charge in [0.1, 0.15) is 12.4 Å². The lowest BCUT2D eigenvalue weighted by atomic mass is 10.1. The molecule has 1 aliphatic rings. The predicted molar refractivity (Wildman–Crippen MR) is 109 cm³/mol. The number of benzene rings is 2. The fourth-order valence-corrected chi connectivity index (χ4v) is 3.33. The number of rotatable bonds is 7. The molecule has 1 aliphatic heterocycles. The third kappa shape index (κ3) is 6.08. The lowest BCUT2D eigenvalue weighted by Crippen LogP contribution is -2.49. The summed E-state index contributed by atoms with van der Waals surface area (Å²) in [5.74, 6) is 0.974. The van der Waals surface area contributed by atoms with Crippen molar-refractivity contribution in [2.24, 2.45) is 0 Å². The summed E-state index contributed by atoms with van der Waals surface area (Å²) in [5.41, 5.74) is 3.21. The molecule has 1 saturated heterocycles. The maximum absolute atomic E-state index is 12.3. The van der Waals surface area contributed by atoms with E-state index in [0.717, 1.165) is 49.7 Å². The average Bonchev–Trinajstić information content (AvgIpc) is 2.66. The first kappa shape index (κ1) is 19.4. The number of anilines is 1. The molecule has 5 nitrogen and oxygen atoms in total. The zero-order valence-electron chi connectivity index (χ0n) is 16.3. The fraction of sp³-hybridized carbons (Fsp3) is 0.409. The van der Waals surface area contributed by atoms with Gasteiger partial charge < -0.3 is 10.1 Å². The molecule has 1 amide bonds. The summed E-state index contributed by atoms with van der Waals surface area (Å²) in [6.07, 6.45) is 0. The quantitative estimate of drug-likeness (QED) is 0.817. The van der Waals surface area contributed by atoms with E-state index in [-0.39, 0.29) is 5.91 Å². The van der Waals surface area contributed by atoms with Gasteiger partial charge in [-0.25, -0.2) is 0 Å². The number of hydrogen-bond acceptors (Lipinski definition) is 4. The number of para-hydroxylation sites is 1. The third-order valence-electron chi connectivity index (χ3n) is 4.91. The van der Waals surface area contributed by atoms with Crippen LogP contribution < -0.4 is 10.1 Å². The van der Waals surface area contributed by atoms with E-state index < -0.39 is 0 Å². The topological polar surface area (TPSA) is 44.8 Å². The predicted octanol–water partition coefficient (Wildman–Crippen LogP) is 2.94. The Morgan fingerprint density at radius 3 is 2.41 bits per heavy atom. The van der Waals surface area contributed by atoms with Crippen molar-refractivity contribution in [1.29, 1.82) is 0 Å². The second kappa shape index (κ2) is 9.53. The van der Waals surface area contributed by atoms with Gasteiger partial charge in [0.2, 0.25) is 5.91 Å². The van der Waals surface area contributed by atoms with Crippen LogP contribution in [0.15, 0.2) is 48.5 Å². The molecule has 1 N–H and O–H groups in total. The summed E-state index contributed by atoms with van der Waals surface area (Å²) in [5, 5.41) is 3.03. The van der Waals surface area contributed by atoms with Gasteiger partial charge in [0.15, 0.2) is 0 Å². The van der Waals surface area contributed by atoms with Crippen molar-refractivity contribution >= 4 is 11.6 Å². The number of hydrogen-bond donors (Lipinski definition) is 1. The highest BCUT2D eigenvalue weighted by Gasteiger charge is 2.19. The van der Waals surface area contributed by atoms with Gasteiger partial charge in [-0.2, -0.15) is 0 Å². The molecule has 0 saturated carbocycles. The van der Waals surface area contributed by atoms with Crippen molar-refractivity contribution in [2.75, 3.05) is 51.2 Å². The Balaban J connectivity index is 1.35. The van der Waals surface area contributed by atoms with E-state index in [2.05, 4.69) is 28.1 Å². The Hall–Kier alpha value is -2.37. The van der Waals surface area contributed by atoms with Crippen LogP contribution in [-0.4, -0.2) is 61.6 Å². The summed E-state index contributed by atoms with van der Waals surface area (Å²) < 4.78 is 5.77. The van der Waals surface area contributed by atoms with Crippen molar-refractivity contribution in [1.82, 2.24) is 9.80 Å². The van der Waals surface area contributed by atoms with Crippen LogP contribution in [0, 0.1) is 13.8 Å². The Kier molecular flexibility index (Phi) is 6.85. The van der Waals surface area contributed by atoms with Crippen molar-refractivity contribution in [3.63, 3.8) is 0 Å². The molecule has 5 heteroatoms. The number of amides is 1. The van der Waals surface area contributed by atoms with Crippen LogP contribution in [0.3, 0.4) is 0 Å². The minimum atomic E-state index is 0.0582. The maximum Gasteiger partial charge on any atom is 0.238 e. The van der Waals surface area contributed by atoms with E-state index in [0.29, 0.717) is 13.2 Å². The zero-order valence-corrected chi connectivity index (χ0v) is 16.3. The van der Waals surface area contributed by atoms with E-state index in [4.69, 9.17) is 4.74 Å². The van der Waals surface area contributed by atoms with Crippen molar-refractivity contribution in [2.45, 2.75) is 13.8 Å². The minimum absolute atomic E-state index is 0.0582. The standard InChI is InChI=1S/C22H29N3O2/c1-18-8-9-21(19(2)16-18)23-22(26)17-25-12-10-24(11-13-25)14-15-27-20-6-4-3-5-7-20/h3-9,16H,10-15,17H2,1-2H3,(H,23,26). The summed E-state index contributed by atoms with van der Waals surface area (Å²) >= 11 is 0. The van der Waals surface area contributed by atoms with Gasteiger partial charge in [-0.3, -0.25) is 14.6 Å². The number of nitrogens with one attached hydrogen (secondary N) is 1. The van der Waals surface area contributed by atoms with Crippen LogP contribution in [0.4, 0.5) is 5.69 Å². The molecule has 0 aromatic heterocycles. The first-order valence-corrected chi connectivity index (χ1v) is 9.60. The van der Waals surface area contributed by atoms with Crippen LogP contribution in [0.1, 0.15) is 11.1 Å². The molecule has 0 radical (unpaired) electrons. The van der Waals surface area contributed by atoms with Crippen LogP contribution in [0.2, 0.25) is 0 Å². The number of piperazine rings is 1. The Bertz CT molecular complexity index is 740. The Morgan fingerprint density at radius 1 is 1.00 bits per heavy atom. The average molecular weight is 367 g/mol. The molecule has 2 aromatic rings. The van der Waals surface area contributed by atoms with Gasteiger partial charge >= 0.3 is 0 Å². The smallest absolute Gasteiger partial charge is 0.238 e. The summed E-state index contributed by atoms with van der Waals surface area (Å²) in [7, 11) is 0. The molecule has 0 aliphatic carbocycles. The molecular formula is C22H29N3O2. The van der Waals surface area contributed by atoms with Crippen LogP contribution in [-0.2, 0) is 4.79 Å². The van der Waals surface area contributed by atoms with E-state index in [1.165, 1.54) is 5.56 Å². The first-order valence-electron chi connectivity index (χ1n) is 9.60. The molecule has 0 spiro atoms. The lowest BCUT2D eigenvalue weighted by Gasteiger charge is -2.34. The van der Waals surface area contributed by atoms with Crippen molar-refractivity contribution < 1.29 is 9.53 Å². The molecule has 144 valence electrons. The number of ether oxygens (including phenoxy) is 1. The van der Waals surface area contributed by atoms with Gasteiger partial charge in [-0.1, -0.05) is 35.9 Å². The van der Waals surface area contributed by atoms with Crippen molar-refractivity contribution in [3.8, 4) is 5.75 Å². The summed E-state index contributed by atoms with van der Waals surface area (Å²) in [4.78, 5) is 16.9. The highest BCUT2D eigenvalue weighted by atomic mass is 16.5. The van der Waals surface area contributed by atoms with E-state index in [9.17, 15) is 4.79 Å². The number of carbonyl (C=O) groups excluding carboxylic acids is 1. The molecule has 1 fully saturated rings. The highest BCUT2D eigenvalue weighted by Crippen LogP contribution is 2.16. The second-order valence-corrected chi connectivity index (χ2v) is 7.15. The molecule has 2 aromatic carbocycles. The third-order valence-corrected chi connectivity index (χ3v) is 4.91. The fourth-order valence-electron chi connectivity index (χ4n) is 3.33. The number of carbonyl (C=O) groups is 1. The van der Waals surface area contributed by atoms with Gasteiger partial charge in [-0.05, 0) is 37.6 Å². The van der Waals surface area contributed by atoms with Crippen molar-refractivity contribution in [3.05, 3.63) is 59.7 Å². The molecule has 0 bridgehead atoms. The molecule has 0 atom stereocenters. The van der Waals surface area contributed by atoms with Gasteiger partial charge in [0, 0.05) is 38.4 Å². The molecular weight excluding hydrogens is 338 g/mol. The van der Waals surface area contributed by atoms with E-state index in [1.54, 1.807) is 0 Å². The minimum Gasteiger partial charge on any atom is -0.492 e. The SMILES string of the molecule is Cc1ccc(NC(=O)CN2CCN(CCOc3ccccc3)CC2)c(C)c1. The summed E-state index contributed by atoms with van der Waals surface area (Å²) in [6.45, 7) is 9.89. The van der Waals surface area contributed by atoms with Gasteiger partial charge in [0.25, 0.3) is 0 Å². The largest absolute Gasteiger partial charge is 0.492 e. The van der Waals surface area contributed by atoms with Crippen LogP contribution >= 0.6 is 0 Å². The molecule has 1 heterocycles. The zero-order chi connectivity index (χ0) is 19.1. The number of aryl methyl sites for hydroxylation is 2. The summed E-state index contributed by atoms with van der Waals surface area (Å²) in [6, 6.07) is 16.0. The van der Waals surface area contributed by atoms with E-state index in [1.807, 2.05) is 49.4 Å². The normalized spacial score (nSPS) is 15.5. The molecule has 0 unspecified atom stereocenters. The molecule has 27 heavy (non-hydrogen) atoms. The Morgan fingerprint density at radius 2 is 1.70 bits per heavy atom. The maximum atomic E-state index is 12.3. The van der Waals surface area contributed by atoms with Gasteiger partial charge in [0.05, 0.1) is 6.54 Å².